The summed E-state index contributed by atoms with van der Waals surface area (Å²) < 4.78 is 3.50. The molecule has 1 amide bonds. The maximum absolute atomic E-state index is 13.0. The first-order valence-electron chi connectivity index (χ1n) is 10.0. The zero-order valence-corrected chi connectivity index (χ0v) is 16.9. The van der Waals surface area contributed by atoms with Gasteiger partial charge in [-0.25, -0.2) is 14.3 Å². The molecule has 1 N–H and O–H groups in total. The minimum Gasteiger partial charge on any atom is -0.306 e. The van der Waals surface area contributed by atoms with Crippen molar-refractivity contribution in [1.82, 2.24) is 24.5 Å². The van der Waals surface area contributed by atoms with Gasteiger partial charge in [-0.3, -0.25) is 4.79 Å². The highest BCUT2D eigenvalue weighted by Crippen LogP contribution is 2.47. The fourth-order valence-corrected chi connectivity index (χ4v) is 3.74. The summed E-state index contributed by atoms with van der Waals surface area (Å²) in [5.41, 5.74) is 4.36. The van der Waals surface area contributed by atoms with Crippen LogP contribution in [0, 0.1) is 12.8 Å². The maximum Gasteiger partial charge on any atom is 0.256 e. The van der Waals surface area contributed by atoms with Gasteiger partial charge in [0.05, 0.1) is 17.1 Å². The van der Waals surface area contributed by atoms with Gasteiger partial charge in [0.1, 0.15) is 18.5 Å². The lowest BCUT2D eigenvalue weighted by Crippen LogP contribution is -2.15. The summed E-state index contributed by atoms with van der Waals surface area (Å²) in [5, 5.41) is 12.0. The van der Waals surface area contributed by atoms with Crippen LogP contribution in [0.25, 0.3) is 11.4 Å². The molecule has 4 aromatic rings. The number of anilines is 1. The molecule has 7 heteroatoms. The molecule has 30 heavy (non-hydrogen) atoms. The highest BCUT2D eigenvalue weighted by Gasteiger charge is 2.36. The Labute approximate surface area is 174 Å². The fraction of sp³-hybridized carbons (Fsp3) is 0.217. The molecule has 0 radical (unpaired) electrons. The molecule has 2 aromatic carbocycles. The van der Waals surface area contributed by atoms with E-state index in [0.29, 0.717) is 23.2 Å². The molecule has 2 atom stereocenters. The first kappa shape index (κ1) is 18.3. The molecule has 150 valence electrons. The number of hydrogen-bond donors (Lipinski definition) is 1. The molecule has 1 fully saturated rings. The number of benzene rings is 2. The molecule has 1 saturated carbocycles. The zero-order chi connectivity index (χ0) is 20.7. The van der Waals surface area contributed by atoms with Crippen molar-refractivity contribution in [3.63, 3.8) is 0 Å². The Morgan fingerprint density at radius 2 is 1.93 bits per heavy atom. The fourth-order valence-electron chi connectivity index (χ4n) is 3.74. The van der Waals surface area contributed by atoms with Crippen LogP contribution in [0.15, 0.2) is 67.3 Å². The largest absolute Gasteiger partial charge is 0.306 e. The zero-order valence-electron chi connectivity index (χ0n) is 16.9. The van der Waals surface area contributed by atoms with Crippen LogP contribution in [0.4, 0.5) is 5.82 Å². The first-order chi connectivity index (χ1) is 14.6. The van der Waals surface area contributed by atoms with Crippen LogP contribution in [-0.4, -0.2) is 30.5 Å². The number of carbonyl (C=O) groups is 1. The number of para-hydroxylation sites is 1. The summed E-state index contributed by atoms with van der Waals surface area (Å²) in [7, 11) is 0. The van der Waals surface area contributed by atoms with Crippen molar-refractivity contribution in [2.75, 3.05) is 5.32 Å². The second-order valence-corrected chi connectivity index (χ2v) is 7.82. The summed E-state index contributed by atoms with van der Waals surface area (Å²) in [6.07, 6.45) is 4.27. The topological polar surface area (TPSA) is 77.6 Å². The van der Waals surface area contributed by atoms with E-state index >= 15 is 0 Å². The number of nitrogens with one attached hydrogen (secondary N) is 1. The van der Waals surface area contributed by atoms with Gasteiger partial charge in [-0.2, -0.15) is 10.2 Å². The Morgan fingerprint density at radius 1 is 1.13 bits per heavy atom. The third-order valence-electron chi connectivity index (χ3n) is 5.58. The second-order valence-electron chi connectivity index (χ2n) is 7.82. The van der Waals surface area contributed by atoms with Crippen molar-refractivity contribution in [3.05, 3.63) is 84.1 Å². The summed E-state index contributed by atoms with van der Waals surface area (Å²) in [6, 6.07) is 17.4. The average Bonchev–Trinajstić information content (AvgIpc) is 3.13. The lowest BCUT2D eigenvalue weighted by atomic mass is 10.1. The molecule has 1 aliphatic carbocycles. The number of amides is 1. The quantitative estimate of drug-likeness (QED) is 0.548. The SMILES string of the molecule is Cc1cc(C(=O)Nc2cc([C@@H]3C[C@H]3C)nn2-c2ccccc2)ccc1-n1cncn1. The molecule has 0 unspecified atom stereocenters. The van der Waals surface area contributed by atoms with E-state index < -0.39 is 0 Å². The average molecular weight is 398 g/mol. The number of nitrogens with zero attached hydrogens (tertiary/aromatic N) is 5. The number of aromatic nitrogens is 5. The van der Waals surface area contributed by atoms with Gasteiger partial charge in [0.25, 0.3) is 5.91 Å². The molecular formula is C23H22N6O. The van der Waals surface area contributed by atoms with Crippen LogP contribution in [-0.2, 0) is 0 Å². The van der Waals surface area contributed by atoms with Crippen molar-refractivity contribution in [2.24, 2.45) is 5.92 Å². The van der Waals surface area contributed by atoms with Crippen LogP contribution in [0.2, 0.25) is 0 Å². The van der Waals surface area contributed by atoms with Crippen LogP contribution < -0.4 is 5.32 Å². The predicted molar refractivity (Wildman–Crippen MR) is 114 cm³/mol. The summed E-state index contributed by atoms with van der Waals surface area (Å²) in [4.78, 5) is 17.0. The van der Waals surface area contributed by atoms with Crippen LogP contribution in [0.5, 0.6) is 0 Å². The van der Waals surface area contributed by atoms with Crippen molar-refractivity contribution in [2.45, 2.75) is 26.2 Å². The van der Waals surface area contributed by atoms with E-state index in [1.54, 1.807) is 17.1 Å². The maximum atomic E-state index is 13.0. The molecule has 0 aliphatic heterocycles. The third kappa shape index (κ3) is 3.39. The van der Waals surface area contributed by atoms with E-state index in [1.165, 1.54) is 6.33 Å². The van der Waals surface area contributed by atoms with Gasteiger partial charge in [-0.05, 0) is 55.2 Å². The van der Waals surface area contributed by atoms with Crippen molar-refractivity contribution in [3.8, 4) is 11.4 Å². The summed E-state index contributed by atoms with van der Waals surface area (Å²) >= 11 is 0. The van der Waals surface area contributed by atoms with E-state index in [-0.39, 0.29) is 5.91 Å². The molecule has 0 saturated heterocycles. The number of aryl methyl sites for hydroxylation is 1. The highest BCUT2D eigenvalue weighted by molar-refractivity contribution is 6.04. The Hall–Kier alpha value is -3.74. The number of hydrogen-bond acceptors (Lipinski definition) is 4. The van der Waals surface area contributed by atoms with Crippen LogP contribution in [0.1, 0.15) is 40.9 Å². The van der Waals surface area contributed by atoms with Crippen molar-refractivity contribution >= 4 is 11.7 Å². The standard InChI is InChI=1S/C23H22N6O/c1-15-11-19(15)20-12-22(29(27-20)18-6-4-3-5-7-18)26-23(30)17-8-9-21(16(2)10-17)28-14-24-13-25-28/h3-10,12-15,19H,11H2,1-2H3,(H,26,30)/t15-,19-/m1/s1. The normalized spacial score (nSPS) is 17.7. The molecule has 7 nitrogen and oxygen atoms in total. The molecule has 2 heterocycles. The second kappa shape index (κ2) is 7.26. The Balaban J connectivity index is 1.44. The third-order valence-corrected chi connectivity index (χ3v) is 5.58. The van der Waals surface area contributed by atoms with Crippen molar-refractivity contribution in [1.29, 1.82) is 0 Å². The highest BCUT2D eigenvalue weighted by atomic mass is 16.1. The lowest BCUT2D eigenvalue weighted by Gasteiger charge is -2.11. The van der Waals surface area contributed by atoms with E-state index in [4.69, 9.17) is 5.10 Å². The van der Waals surface area contributed by atoms with Gasteiger partial charge in [-0.15, -0.1) is 0 Å². The number of rotatable bonds is 5. The van der Waals surface area contributed by atoms with Gasteiger partial charge in [-0.1, -0.05) is 25.1 Å². The van der Waals surface area contributed by atoms with Gasteiger partial charge in [0, 0.05) is 17.5 Å². The first-order valence-corrected chi connectivity index (χ1v) is 10.0. The Kier molecular flexibility index (Phi) is 4.43. The Bertz CT molecular complexity index is 1200. The van der Waals surface area contributed by atoms with Crippen molar-refractivity contribution < 1.29 is 4.79 Å². The minimum absolute atomic E-state index is 0.171. The molecule has 0 spiro atoms. The van der Waals surface area contributed by atoms with Crippen LogP contribution >= 0.6 is 0 Å². The minimum atomic E-state index is -0.171. The van der Waals surface area contributed by atoms with Gasteiger partial charge < -0.3 is 5.32 Å². The Morgan fingerprint density at radius 3 is 2.60 bits per heavy atom. The monoisotopic (exact) mass is 398 g/mol. The number of carbonyl (C=O) groups excluding carboxylic acids is 1. The van der Waals surface area contributed by atoms with E-state index in [1.807, 2.05) is 60.1 Å². The molecule has 0 bridgehead atoms. The molecular weight excluding hydrogens is 376 g/mol. The molecule has 2 aromatic heterocycles. The summed E-state index contributed by atoms with van der Waals surface area (Å²) in [5.74, 6) is 1.61. The lowest BCUT2D eigenvalue weighted by molar-refractivity contribution is 0.102. The van der Waals surface area contributed by atoms with Gasteiger partial charge in [0.2, 0.25) is 0 Å². The van der Waals surface area contributed by atoms with E-state index in [9.17, 15) is 4.79 Å². The van der Waals surface area contributed by atoms with Gasteiger partial charge >= 0.3 is 0 Å². The molecule has 5 rings (SSSR count). The van der Waals surface area contributed by atoms with Gasteiger partial charge in [0.15, 0.2) is 0 Å². The van der Waals surface area contributed by atoms with E-state index in [2.05, 4.69) is 22.3 Å². The summed E-state index contributed by atoms with van der Waals surface area (Å²) in [6.45, 7) is 4.18. The smallest absolute Gasteiger partial charge is 0.256 e. The predicted octanol–water partition coefficient (Wildman–Crippen LogP) is 4.14. The van der Waals surface area contributed by atoms with Crippen LogP contribution in [0.3, 0.4) is 0 Å². The van der Waals surface area contributed by atoms with E-state index in [0.717, 1.165) is 29.1 Å². The molecule has 1 aliphatic rings.